The number of nitrogens with one attached hydrogen (secondary N) is 1. The topological polar surface area (TPSA) is 60.2 Å². The van der Waals surface area contributed by atoms with E-state index in [1.54, 1.807) is 0 Å². The van der Waals surface area contributed by atoms with E-state index in [0.29, 0.717) is 6.61 Å². The molecular formula is C11H19N3O. The summed E-state index contributed by atoms with van der Waals surface area (Å²) in [6.45, 7) is 7.36. The van der Waals surface area contributed by atoms with Gasteiger partial charge in [0.25, 0.3) is 0 Å². The number of hydrogen-bond donors (Lipinski definition) is 2. The summed E-state index contributed by atoms with van der Waals surface area (Å²) in [6.07, 6.45) is 0. The third-order valence-electron chi connectivity index (χ3n) is 2.09. The second kappa shape index (κ2) is 5.56. The number of aryl methyl sites for hydroxylation is 1. The van der Waals surface area contributed by atoms with E-state index in [9.17, 15) is 0 Å². The molecule has 1 aromatic rings. The maximum atomic E-state index is 5.68. The van der Waals surface area contributed by atoms with Crippen LogP contribution < -0.4 is 11.1 Å². The Bertz CT molecular complexity index is 315. The van der Waals surface area contributed by atoms with E-state index in [2.05, 4.69) is 17.2 Å². The number of anilines is 2. The SMILES string of the molecule is CCOCC(C)Nc1ccc(N)c(C)n1. The summed E-state index contributed by atoms with van der Waals surface area (Å²) in [6, 6.07) is 3.99. The van der Waals surface area contributed by atoms with E-state index in [1.807, 2.05) is 26.0 Å². The molecule has 4 heteroatoms. The van der Waals surface area contributed by atoms with Gasteiger partial charge in [0.1, 0.15) is 5.82 Å². The molecular weight excluding hydrogens is 190 g/mol. The molecule has 4 nitrogen and oxygen atoms in total. The van der Waals surface area contributed by atoms with Crippen molar-refractivity contribution in [2.24, 2.45) is 0 Å². The van der Waals surface area contributed by atoms with Gasteiger partial charge in [-0.25, -0.2) is 4.98 Å². The highest BCUT2D eigenvalue weighted by Crippen LogP contribution is 2.12. The van der Waals surface area contributed by atoms with Crippen molar-refractivity contribution >= 4 is 11.5 Å². The van der Waals surface area contributed by atoms with Crippen LogP contribution in [0.3, 0.4) is 0 Å². The zero-order chi connectivity index (χ0) is 11.3. The average molecular weight is 209 g/mol. The molecule has 0 radical (unpaired) electrons. The fourth-order valence-corrected chi connectivity index (χ4v) is 1.24. The number of aromatic nitrogens is 1. The molecule has 1 rings (SSSR count). The molecule has 0 spiro atoms. The maximum absolute atomic E-state index is 5.68. The van der Waals surface area contributed by atoms with Crippen LogP contribution in [0.1, 0.15) is 19.5 Å². The normalized spacial score (nSPS) is 12.5. The second-order valence-corrected chi connectivity index (χ2v) is 3.58. The molecule has 0 aliphatic heterocycles. The highest BCUT2D eigenvalue weighted by Gasteiger charge is 2.03. The van der Waals surface area contributed by atoms with Crippen LogP contribution in [0.15, 0.2) is 12.1 Å². The quantitative estimate of drug-likeness (QED) is 0.776. The first-order valence-electron chi connectivity index (χ1n) is 5.21. The Hall–Kier alpha value is -1.29. The Labute approximate surface area is 90.8 Å². The molecule has 0 aliphatic rings. The van der Waals surface area contributed by atoms with Gasteiger partial charge in [-0.15, -0.1) is 0 Å². The van der Waals surface area contributed by atoms with Crippen LogP contribution in [0.25, 0.3) is 0 Å². The minimum absolute atomic E-state index is 0.250. The Morgan fingerprint density at radius 1 is 1.53 bits per heavy atom. The number of ether oxygens (including phenoxy) is 1. The first-order valence-corrected chi connectivity index (χ1v) is 5.21. The lowest BCUT2D eigenvalue weighted by Gasteiger charge is -2.14. The Morgan fingerprint density at radius 2 is 2.27 bits per heavy atom. The molecule has 0 bridgehead atoms. The van der Waals surface area contributed by atoms with E-state index < -0.39 is 0 Å². The summed E-state index contributed by atoms with van der Waals surface area (Å²) < 4.78 is 5.31. The third kappa shape index (κ3) is 3.75. The molecule has 1 atom stereocenters. The zero-order valence-electron chi connectivity index (χ0n) is 9.58. The van der Waals surface area contributed by atoms with Crippen molar-refractivity contribution in [3.05, 3.63) is 17.8 Å². The average Bonchev–Trinajstić information content (AvgIpc) is 2.20. The lowest BCUT2D eigenvalue weighted by molar-refractivity contribution is 0.141. The largest absolute Gasteiger partial charge is 0.397 e. The summed E-state index contributed by atoms with van der Waals surface area (Å²) in [4.78, 5) is 4.33. The predicted octanol–water partition coefficient (Wildman–Crippen LogP) is 1.81. The van der Waals surface area contributed by atoms with Crippen LogP contribution in [-0.2, 0) is 4.74 Å². The van der Waals surface area contributed by atoms with Gasteiger partial charge < -0.3 is 15.8 Å². The van der Waals surface area contributed by atoms with E-state index >= 15 is 0 Å². The number of nitrogens with two attached hydrogens (primary N) is 1. The van der Waals surface area contributed by atoms with Crippen molar-refractivity contribution in [2.75, 3.05) is 24.3 Å². The molecule has 1 heterocycles. The van der Waals surface area contributed by atoms with Crippen LogP contribution in [0.2, 0.25) is 0 Å². The minimum atomic E-state index is 0.250. The Balaban J connectivity index is 2.53. The second-order valence-electron chi connectivity index (χ2n) is 3.58. The zero-order valence-corrected chi connectivity index (χ0v) is 9.58. The van der Waals surface area contributed by atoms with Crippen LogP contribution >= 0.6 is 0 Å². The standard InChI is InChI=1S/C11H19N3O/c1-4-15-7-8(2)13-11-6-5-10(12)9(3)14-11/h5-6,8H,4,7,12H2,1-3H3,(H,13,14). The molecule has 1 aromatic heterocycles. The van der Waals surface area contributed by atoms with Gasteiger partial charge in [-0.1, -0.05) is 0 Å². The molecule has 3 N–H and O–H groups in total. The first kappa shape index (κ1) is 11.8. The minimum Gasteiger partial charge on any atom is -0.397 e. The molecule has 0 saturated heterocycles. The monoisotopic (exact) mass is 209 g/mol. The smallest absolute Gasteiger partial charge is 0.126 e. The highest BCUT2D eigenvalue weighted by atomic mass is 16.5. The summed E-state index contributed by atoms with van der Waals surface area (Å²) >= 11 is 0. The van der Waals surface area contributed by atoms with Gasteiger partial charge in [-0.2, -0.15) is 0 Å². The lowest BCUT2D eigenvalue weighted by Crippen LogP contribution is -2.22. The van der Waals surface area contributed by atoms with Gasteiger partial charge in [0.05, 0.1) is 18.0 Å². The van der Waals surface area contributed by atoms with Gasteiger partial charge in [0.15, 0.2) is 0 Å². The van der Waals surface area contributed by atoms with E-state index in [-0.39, 0.29) is 6.04 Å². The first-order chi connectivity index (χ1) is 7.13. The van der Waals surface area contributed by atoms with Crippen molar-refractivity contribution in [3.8, 4) is 0 Å². The van der Waals surface area contributed by atoms with Crippen molar-refractivity contribution < 1.29 is 4.74 Å². The number of rotatable bonds is 5. The van der Waals surface area contributed by atoms with Crippen LogP contribution in [0.4, 0.5) is 11.5 Å². The van der Waals surface area contributed by atoms with E-state index in [4.69, 9.17) is 10.5 Å². The molecule has 84 valence electrons. The maximum Gasteiger partial charge on any atom is 0.126 e. The summed E-state index contributed by atoms with van der Waals surface area (Å²) in [5.41, 5.74) is 7.26. The van der Waals surface area contributed by atoms with Gasteiger partial charge in [0, 0.05) is 12.6 Å². The molecule has 0 amide bonds. The molecule has 0 saturated carbocycles. The van der Waals surface area contributed by atoms with E-state index in [0.717, 1.165) is 23.8 Å². The van der Waals surface area contributed by atoms with Crippen molar-refractivity contribution in [1.82, 2.24) is 4.98 Å². The number of nitrogens with zero attached hydrogens (tertiary/aromatic N) is 1. The lowest BCUT2D eigenvalue weighted by atomic mass is 10.3. The van der Waals surface area contributed by atoms with Crippen molar-refractivity contribution in [1.29, 1.82) is 0 Å². The van der Waals surface area contributed by atoms with Crippen LogP contribution in [-0.4, -0.2) is 24.2 Å². The highest BCUT2D eigenvalue weighted by molar-refractivity contribution is 5.49. The summed E-state index contributed by atoms with van der Waals surface area (Å²) in [5.74, 6) is 0.842. The third-order valence-corrected chi connectivity index (χ3v) is 2.09. The predicted molar refractivity (Wildman–Crippen MR) is 63.0 cm³/mol. The summed E-state index contributed by atoms with van der Waals surface area (Å²) in [7, 11) is 0. The summed E-state index contributed by atoms with van der Waals surface area (Å²) in [5, 5.41) is 3.25. The van der Waals surface area contributed by atoms with E-state index in [1.165, 1.54) is 0 Å². The Kier molecular flexibility index (Phi) is 4.37. The molecule has 0 aromatic carbocycles. The fraction of sp³-hybridized carbons (Fsp3) is 0.545. The number of nitrogen functional groups attached to an aromatic ring is 1. The van der Waals surface area contributed by atoms with Gasteiger partial charge in [-0.05, 0) is 32.9 Å². The van der Waals surface area contributed by atoms with Gasteiger partial charge in [-0.3, -0.25) is 0 Å². The number of hydrogen-bond acceptors (Lipinski definition) is 4. The molecule has 0 fully saturated rings. The molecule has 1 unspecified atom stereocenters. The number of pyridine rings is 1. The van der Waals surface area contributed by atoms with Crippen LogP contribution in [0, 0.1) is 6.92 Å². The Morgan fingerprint density at radius 3 is 2.87 bits per heavy atom. The molecule has 0 aliphatic carbocycles. The van der Waals surface area contributed by atoms with Crippen molar-refractivity contribution in [3.63, 3.8) is 0 Å². The molecule has 15 heavy (non-hydrogen) atoms. The van der Waals surface area contributed by atoms with Crippen LogP contribution in [0.5, 0.6) is 0 Å². The fourth-order valence-electron chi connectivity index (χ4n) is 1.24. The van der Waals surface area contributed by atoms with Gasteiger partial charge in [0.2, 0.25) is 0 Å². The van der Waals surface area contributed by atoms with Gasteiger partial charge >= 0.3 is 0 Å². The van der Waals surface area contributed by atoms with Crippen molar-refractivity contribution in [2.45, 2.75) is 26.8 Å².